The molecule has 0 atom stereocenters. The van der Waals surface area contributed by atoms with Crippen LogP contribution in [0.2, 0.25) is 0 Å². The van der Waals surface area contributed by atoms with Gasteiger partial charge in [-0.15, -0.1) is 0 Å². The van der Waals surface area contributed by atoms with Crippen LogP contribution in [0.25, 0.3) is 0 Å². The van der Waals surface area contributed by atoms with E-state index in [1.165, 1.54) is 23.9 Å². The lowest BCUT2D eigenvalue weighted by Crippen LogP contribution is -2.25. The first-order valence-electron chi connectivity index (χ1n) is 9.67. The van der Waals surface area contributed by atoms with E-state index in [1.54, 1.807) is 0 Å². The summed E-state index contributed by atoms with van der Waals surface area (Å²) in [6.45, 7) is 1.40. The normalized spacial score (nSPS) is 21.4. The monoisotopic (exact) mass is 407 g/mol. The summed E-state index contributed by atoms with van der Waals surface area (Å²) in [5.41, 5.74) is 7.31. The third kappa shape index (κ3) is 4.10. The molecule has 4 N–H and O–H groups in total. The average molecular weight is 408 g/mol. The number of anilines is 3. The summed E-state index contributed by atoms with van der Waals surface area (Å²) in [7, 11) is 0. The largest absolute Gasteiger partial charge is 0.416 e. The van der Waals surface area contributed by atoms with Gasteiger partial charge in [-0.05, 0) is 68.3 Å². The van der Waals surface area contributed by atoms with Crippen LogP contribution in [0.5, 0.6) is 0 Å². The molecule has 150 valence electrons. The van der Waals surface area contributed by atoms with Crippen molar-refractivity contribution >= 4 is 28.8 Å². The van der Waals surface area contributed by atoms with Crippen LogP contribution in [-0.4, -0.2) is 13.1 Å². The fourth-order valence-corrected chi connectivity index (χ4v) is 5.03. The molecule has 0 aromatic heterocycles. The number of nitrogens with one attached hydrogen (secondary N) is 2. The molecule has 4 rings (SSSR count). The van der Waals surface area contributed by atoms with Crippen LogP contribution in [-0.2, 0) is 6.18 Å². The van der Waals surface area contributed by atoms with Gasteiger partial charge in [0.2, 0.25) is 0 Å². The predicted octanol–water partition coefficient (Wildman–Crippen LogP) is 6.09. The molecule has 7 heteroatoms. The van der Waals surface area contributed by atoms with Gasteiger partial charge in [0.05, 0.1) is 22.6 Å². The van der Waals surface area contributed by atoms with Gasteiger partial charge in [0.25, 0.3) is 0 Å². The lowest BCUT2D eigenvalue weighted by atomic mass is 9.82. The number of nitrogens with two attached hydrogens (primary N) is 1. The second kappa shape index (κ2) is 7.87. The Bertz CT molecular complexity index is 845. The summed E-state index contributed by atoms with van der Waals surface area (Å²) < 4.78 is 40.3. The minimum absolute atomic E-state index is 0.469. The molecule has 1 aliphatic carbocycles. The smallest absolute Gasteiger partial charge is 0.383 e. The van der Waals surface area contributed by atoms with Crippen LogP contribution in [0, 0.1) is 11.8 Å². The Morgan fingerprint density at radius 2 is 1.75 bits per heavy atom. The molecule has 1 saturated carbocycles. The van der Waals surface area contributed by atoms with E-state index in [-0.39, 0.29) is 0 Å². The number of hydrogen-bond acceptors (Lipinski definition) is 4. The molecule has 2 aliphatic rings. The molecule has 2 aromatic carbocycles. The Labute approximate surface area is 167 Å². The number of fused-ring (bicyclic) bond motifs is 2. The van der Waals surface area contributed by atoms with Crippen molar-refractivity contribution in [2.24, 2.45) is 17.6 Å². The van der Waals surface area contributed by atoms with Gasteiger partial charge in [-0.2, -0.15) is 13.2 Å². The zero-order chi connectivity index (χ0) is 19.7. The number of hydrogen-bond donors (Lipinski definition) is 3. The molecule has 28 heavy (non-hydrogen) atoms. The molecule has 3 nitrogen and oxygen atoms in total. The number of alkyl halides is 3. The lowest BCUT2D eigenvalue weighted by molar-refractivity contribution is -0.137. The maximum atomic E-state index is 13.4. The van der Waals surface area contributed by atoms with E-state index in [4.69, 9.17) is 5.73 Å². The standard InChI is InChI=1S/C21H24F3N3S/c22-21(23,24)15-9-17(26-12-14-7-5-13(11-25)6-8-14)20-19(10-15)28-18-4-2-1-3-16(18)27-20/h1-4,9-10,13-14,26-27H,5-8,11-12,25H2. The van der Waals surface area contributed by atoms with E-state index in [0.717, 1.165) is 48.5 Å². The van der Waals surface area contributed by atoms with Crippen LogP contribution in [0.15, 0.2) is 46.2 Å². The zero-order valence-electron chi connectivity index (χ0n) is 15.5. The summed E-state index contributed by atoms with van der Waals surface area (Å²) in [6, 6.07) is 10.1. The molecule has 2 aromatic rings. The molecule has 0 unspecified atom stereocenters. The van der Waals surface area contributed by atoms with Crippen molar-refractivity contribution in [3.63, 3.8) is 0 Å². The first kappa shape index (κ1) is 19.5. The minimum Gasteiger partial charge on any atom is -0.383 e. The van der Waals surface area contributed by atoms with E-state index in [0.29, 0.717) is 29.0 Å². The van der Waals surface area contributed by atoms with Gasteiger partial charge in [0.15, 0.2) is 0 Å². The van der Waals surface area contributed by atoms with Gasteiger partial charge in [0, 0.05) is 16.3 Å². The topological polar surface area (TPSA) is 50.1 Å². The summed E-state index contributed by atoms with van der Waals surface area (Å²) in [4.78, 5) is 1.53. The highest BCUT2D eigenvalue weighted by Gasteiger charge is 2.33. The highest BCUT2D eigenvalue weighted by Crippen LogP contribution is 2.49. The van der Waals surface area contributed by atoms with Crippen LogP contribution in [0.3, 0.4) is 0 Å². The highest BCUT2D eigenvalue weighted by atomic mass is 32.2. The fourth-order valence-electron chi connectivity index (χ4n) is 3.97. The molecule has 0 saturated heterocycles. The van der Waals surface area contributed by atoms with E-state index in [2.05, 4.69) is 10.6 Å². The summed E-state index contributed by atoms with van der Waals surface area (Å²) in [5.74, 6) is 1.06. The van der Waals surface area contributed by atoms with E-state index in [9.17, 15) is 13.2 Å². The second-order valence-corrected chi connectivity index (χ2v) is 8.71. The summed E-state index contributed by atoms with van der Waals surface area (Å²) >= 11 is 1.38. The van der Waals surface area contributed by atoms with Gasteiger partial charge in [-0.25, -0.2) is 0 Å². The molecule has 0 bridgehead atoms. The second-order valence-electron chi connectivity index (χ2n) is 7.62. The SMILES string of the molecule is NCC1CCC(CNc2cc(C(F)(F)F)cc3c2Nc2ccccc2S3)CC1. The van der Waals surface area contributed by atoms with Crippen LogP contribution in [0.1, 0.15) is 31.2 Å². The first-order chi connectivity index (χ1) is 13.4. The van der Waals surface area contributed by atoms with Crippen molar-refractivity contribution in [2.45, 2.75) is 41.7 Å². The molecule has 0 amide bonds. The average Bonchev–Trinajstić information content (AvgIpc) is 2.70. The number of rotatable bonds is 4. The highest BCUT2D eigenvalue weighted by molar-refractivity contribution is 7.99. The Hall–Kier alpha value is -1.86. The van der Waals surface area contributed by atoms with Crippen molar-refractivity contribution in [1.82, 2.24) is 0 Å². The van der Waals surface area contributed by atoms with Crippen LogP contribution >= 0.6 is 11.8 Å². The van der Waals surface area contributed by atoms with Crippen molar-refractivity contribution < 1.29 is 13.2 Å². The molecule has 1 aliphatic heterocycles. The number of para-hydroxylation sites is 1. The van der Waals surface area contributed by atoms with Gasteiger partial charge < -0.3 is 16.4 Å². The maximum Gasteiger partial charge on any atom is 0.416 e. The van der Waals surface area contributed by atoms with Gasteiger partial charge in [-0.1, -0.05) is 23.9 Å². The number of benzene rings is 2. The first-order valence-corrected chi connectivity index (χ1v) is 10.5. The molecule has 0 radical (unpaired) electrons. The Morgan fingerprint density at radius 1 is 1.04 bits per heavy atom. The van der Waals surface area contributed by atoms with E-state index in [1.807, 2.05) is 24.3 Å². The molecule has 1 fully saturated rings. The maximum absolute atomic E-state index is 13.4. The van der Waals surface area contributed by atoms with Crippen molar-refractivity contribution in [2.75, 3.05) is 23.7 Å². The lowest BCUT2D eigenvalue weighted by Gasteiger charge is -2.29. The minimum atomic E-state index is -4.37. The molecule has 0 spiro atoms. The van der Waals surface area contributed by atoms with Crippen molar-refractivity contribution in [3.8, 4) is 0 Å². The molecular weight excluding hydrogens is 383 g/mol. The summed E-state index contributed by atoms with van der Waals surface area (Å²) in [5, 5.41) is 6.64. The van der Waals surface area contributed by atoms with Gasteiger partial charge >= 0.3 is 6.18 Å². The molecular formula is C21H24F3N3S. The fraction of sp³-hybridized carbons (Fsp3) is 0.429. The van der Waals surface area contributed by atoms with Gasteiger partial charge in [0.1, 0.15) is 0 Å². The van der Waals surface area contributed by atoms with E-state index >= 15 is 0 Å². The Morgan fingerprint density at radius 3 is 2.46 bits per heavy atom. The van der Waals surface area contributed by atoms with Crippen LogP contribution < -0.4 is 16.4 Å². The zero-order valence-corrected chi connectivity index (χ0v) is 16.3. The van der Waals surface area contributed by atoms with Crippen molar-refractivity contribution in [1.29, 1.82) is 0 Å². The Kier molecular flexibility index (Phi) is 5.47. The molecule has 1 heterocycles. The third-order valence-electron chi connectivity index (χ3n) is 5.68. The predicted molar refractivity (Wildman–Crippen MR) is 108 cm³/mol. The van der Waals surface area contributed by atoms with Crippen LogP contribution in [0.4, 0.5) is 30.2 Å². The van der Waals surface area contributed by atoms with E-state index < -0.39 is 11.7 Å². The van der Waals surface area contributed by atoms with Gasteiger partial charge in [-0.3, -0.25) is 0 Å². The Balaban J connectivity index is 1.58. The summed E-state index contributed by atoms with van der Waals surface area (Å²) in [6.07, 6.45) is -0.0275. The number of halogens is 3. The quantitative estimate of drug-likeness (QED) is 0.490. The van der Waals surface area contributed by atoms with Crippen molar-refractivity contribution in [3.05, 3.63) is 42.0 Å². The third-order valence-corrected chi connectivity index (χ3v) is 6.79.